The number of rotatable bonds is 11. The molecule has 0 radical (unpaired) electrons. The number of amides is 1. The number of hydrogen-bond donors (Lipinski definition) is 2. The second kappa shape index (κ2) is 11.9. The van der Waals surface area contributed by atoms with Crippen LogP contribution >= 0.6 is 0 Å². The number of anilines is 2. The third-order valence-corrected chi connectivity index (χ3v) is 5.15. The molecule has 0 aromatic heterocycles. The van der Waals surface area contributed by atoms with Crippen molar-refractivity contribution in [1.29, 1.82) is 0 Å². The Hall–Kier alpha value is -3.58. The number of nitrogens with zero attached hydrogens (tertiary/aromatic N) is 1. The highest BCUT2D eigenvalue weighted by atomic mass is 19.1. The van der Waals surface area contributed by atoms with Gasteiger partial charge in [0.1, 0.15) is 17.3 Å². The second-order valence-corrected chi connectivity index (χ2v) is 7.58. The minimum Gasteiger partial charge on any atom is -0.497 e. The molecule has 1 amide bonds. The highest BCUT2D eigenvalue weighted by molar-refractivity contribution is 5.93. The Labute approximate surface area is 194 Å². The number of ether oxygens (including phenoxy) is 2. The van der Waals surface area contributed by atoms with Crippen LogP contribution in [0.15, 0.2) is 66.7 Å². The van der Waals surface area contributed by atoms with Crippen molar-refractivity contribution in [1.82, 2.24) is 0 Å². The molecule has 6 nitrogen and oxygen atoms in total. The number of unbranched alkanes of at least 4 members (excludes halogenated alkanes) is 1. The van der Waals surface area contributed by atoms with Crippen LogP contribution in [-0.2, 0) is 11.3 Å². The Kier molecular flexibility index (Phi) is 8.66. The van der Waals surface area contributed by atoms with Crippen molar-refractivity contribution in [3.8, 4) is 17.2 Å². The molecule has 7 heteroatoms. The zero-order chi connectivity index (χ0) is 23.6. The quantitative estimate of drug-likeness (QED) is 0.385. The minimum atomic E-state index is -0.456. The molecule has 174 valence electrons. The average Bonchev–Trinajstić information content (AvgIpc) is 2.82. The van der Waals surface area contributed by atoms with Crippen molar-refractivity contribution in [3.05, 3.63) is 78.1 Å². The van der Waals surface area contributed by atoms with E-state index in [4.69, 9.17) is 15.2 Å². The molecule has 0 fully saturated rings. The van der Waals surface area contributed by atoms with Crippen LogP contribution < -0.4 is 25.4 Å². The first kappa shape index (κ1) is 24.1. The summed E-state index contributed by atoms with van der Waals surface area (Å²) in [7, 11) is 1.59. The predicted molar refractivity (Wildman–Crippen MR) is 130 cm³/mol. The number of nitrogens with one attached hydrogen (secondary N) is 1. The first-order valence-corrected chi connectivity index (χ1v) is 10.9. The highest BCUT2D eigenvalue weighted by Gasteiger charge is 2.20. The number of methoxy groups -OCH3 is 1. The van der Waals surface area contributed by atoms with Gasteiger partial charge in [-0.1, -0.05) is 18.2 Å². The van der Waals surface area contributed by atoms with Gasteiger partial charge in [0.15, 0.2) is 5.75 Å². The van der Waals surface area contributed by atoms with E-state index in [1.165, 1.54) is 30.0 Å². The van der Waals surface area contributed by atoms with Crippen LogP contribution in [-0.4, -0.2) is 26.1 Å². The Balaban J connectivity index is 1.94. The van der Waals surface area contributed by atoms with Crippen molar-refractivity contribution in [2.75, 3.05) is 30.4 Å². The first-order valence-electron chi connectivity index (χ1n) is 10.9. The molecule has 0 atom stereocenters. The average molecular weight is 452 g/mol. The molecule has 33 heavy (non-hydrogen) atoms. The monoisotopic (exact) mass is 451 g/mol. The molecule has 0 saturated carbocycles. The molecule has 0 aliphatic rings. The van der Waals surface area contributed by atoms with Crippen molar-refractivity contribution < 1.29 is 18.7 Å². The van der Waals surface area contributed by atoms with E-state index >= 15 is 0 Å². The number of para-hydroxylation sites is 1. The summed E-state index contributed by atoms with van der Waals surface area (Å²) in [6, 6.07) is 19.0. The molecule has 0 heterocycles. The molecule has 0 saturated heterocycles. The first-order chi connectivity index (χ1) is 16.0. The van der Waals surface area contributed by atoms with Crippen LogP contribution in [0.4, 0.5) is 15.8 Å². The van der Waals surface area contributed by atoms with Gasteiger partial charge in [0.05, 0.1) is 19.3 Å². The van der Waals surface area contributed by atoms with Crippen LogP contribution in [0.5, 0.6) is 17.2 Å². The van der Waals surface area contributed by atoms with Crippen LogP contribution in [0.3, 0.4) is 0 Å². The van der Waals surface area contributed by atoms with E-state index in [-0.39, 0.29) is 12.5 Å². The zero-order valence-corrected chi connectivity index (χ0v) is 19.0. The smallest absolute Gasteiger partial charge is 0.224 e. The predicted octanol–water partition coefficient (Wildman–Crippen LogP) is 5.33. The lowest BCUT2D eigenvalue weighted by molar-refractivity contribution is -0.116. The molecular weight excluding hydrogens is 421 g/mol. The normalized spacial score (nSPS) is 10.5. The number of halogens is 1. The molecule has 3 aromatic carbocycles. The Morgan fingerprint density at radius 1 is 1.03 bits per heavy atom. The number of hydrogen-bond acceptors (Lipinski definition) is 5. The maximum absolute atomic E-state index is 14.2. The number of carbonyl (C=O) groups excluding carboxylic acids is 1. The second-order valence-electron chi connectivity index (χ2n) is 7.58. The van der Waals surface area contributed by atoms with E-state index in [1.54, 1.807) is 19.2 Å². The van der Waals surface area contributed by atoms with Crippen LogP contribution in [0, 0.1) is 5.82 Å². The number of carbonyl (C=O) groups is 1. The summed E-state index contributed by atoms with van der Waals surface area (Å²) in [6.45, 7) is 3.05. The Morgan fingerprint density at radius 3 is 2.52 bits per heavy atom. The molecule has 3 aromatic rings. The molecule has 0 aliphatic carbocycles. The topological polar surface area (TPSA) is 76.8 Å². The third-order valence-electron chi connectivity index (χ3n) is 5.15. The molecule has 0 spiro atoms. The zero-order valence-electron chi connectivity index (χ0n) is 19.0. The van der Waals surface area contributed by atoms with E-state index < -0.39 is 5.82 Å². The molecule has 0 aliphatic heterocycles. The largest absolute Gasteiger partial charge is 0.497 e. The van der Waals surface area contributed by atoms with Gasteiger partial charge in [0, 0.05) is 25.2 Å². The summed E-state index contributed by atoms with van der Waals surface area (Å²) in [5.74, 6) is 0.953. The summed E-state index contributed by atoms with van der Waals surface area (Å²) in [5.41, 5.74) is 7.66. The van der Waals surface area contributed by atoms with Crippen molar-refractivity contribution in [2.24, 2.45) is 5.73 Å². The summed E-state index contributed by atoms with van der Waals surface area (Å²) in [4.78, 5) is 14.2. The maximum Gasteiger partial charge on any atom is 0.224 e. The standard InChI is InChI=1S/C26H30FN3O3/c1-19(31)30(18-20-16-23(32-2)11-12-24(20)29-15-7-6-14-28)25-17-21(27)10-13-26(25)33-22-8-4-3-5-9-22/h3-5,8-13,16-17,29H,6-7,14-15,18,28H2,1-2H3. The number of nitrogens with two attached hydrogens (primary N) is 1. The summed E-state index contributed by atoms with van der Waals surface area (Å²) >= 11 is 0. The SMILES string of the molecule is COc1ccc(NCCCCN)c(CN(C(C)=O)c2cc(F)ccc2Oc2ccccc2)c1. The van der Waals surface area contributed by atoms with Gasteiger partial charge >= 0.3 is 0 Å². The van der Waals surface area contributed by atoms with Gasteiger partial charge in [-0.25, -0.2) is 4.39 Å². The van der Waals surface area contributed by atoms with Crippen molar-refractivity contribution in [3.63, 3.8) is 0 Å². The lowest BCUT2D eigenvalue weighted by Gasteiger charge is -2.25. The number of benzene rings is 3. The molecule has 3 rings (SSSR count). The molecule has 0 unspecified atom stereocenters. The van der Waals surface area contributed by atoms with Gasteiger partial charge < -0.3 is 25.4 Å². The van der Waals surface area contributed by atoms with Gasteiger partial charge in [-0.05, 0) is 67.4 Å². The lowest BCUT2D eigenvalue weighted by Crippen LogP contribution is -2.29. The summed E-state index contributed by atoms with van der Waals surface area (Å²) in [5, 5.41) is 3.41. The fraction of sp³-hybridized carbons (Fsp3) is 0.269. The Bertz CT molecular complexity index is 1060. The Morgan fingerprint density at radius 2 is 1.82 bits per heavy atom. The van der Waals surface area contributed by atoms with E-state index in [1.807, 2.05) is 36.4 Å². The molecular formula is C26H30FN3O3. The van der Waals surface area contributed by atoms with Gasteiger partial charge in [0.2, 0.25) is 5.91 Å². The summed E-state index contributed by atoms with van der Waals surface area (Å²) < 4.78 is 25.6. The van der Waals surface area contributed by atoms with Gasteiger partial charge in [-0.15, -0.1) is 0 Å². The van der Waals surface area contributed by atoms with E-state index in [0.717, 1.165) is 30.6 Å². The molecule has 3 N–H and O–H groups in total. The van der Waals surface area contributed by atoms with E-state index in [2.05, 4.69) is 5.32 Å². The minimum absolute atomic E-state index is 0.209. The fourth-order valence-electron chi connectivity index (χ4n) is 3.43. The van der Waals surface area contributed by atoms with Crippen LogP contribution in [0.25, 0.3) is 0 Å². The van der Waals surface area contributed by atoms with Gasteiger partial charge in [-0.3, -0.25) is 4.79 Å². The van der Waals surface area contributed by atoms with Gasteiger partial charge in [0.25, 0.3) is 0 Å². The van der Waals surface area contributed by atoms with Crippen LogP contribution in [0.1, 0.15) is 25.3 Å². The highest BCUT2D eigenvalue weighted by Crippen LogP contribution is 2.35. The van der Waals surface area contributed by atoms with E-state index in [9.17, 15) is 9.18 Å². The fourth-order valence-corrected chi connectivity index (χ4v) is 3.43. The third kappa shape index (κ3) is 6.70. The molecule has 0 bridgehead atoms. The van der Waals surface area contributed by atoms with Crippen molar-refractivity contribution in [2.45, 2.75) is 26.3 Å². The lowest BCUT2D eigenvalue weighted by atomic mass is 10.1. The van der Waals surface area contributed by atoms with E-state index in [0.29, 0.717) is 29.5 Å². The maximum atomic E-state index is 14.2. The van der Waals surface area contributed by atoms with Crippen molar-refractivity contribution >= 4 is 17.3 Å². The van der Waals surface area contributed by atoms with Gasteiger partial charge in [-0.2, -0.15) is 0 Å². The summed E-state index contributed by atoms with van der Waals surface area (Å²) in [6.07, 6.45) is 1.85. The van der Waals surface area contributed by atoms with Crippen LogP contribution in [0.2, 0.25) is 0 Å².